The first kappa shape index (κ1) is 16.6. The molecule has 0 fully saturated rings. The van der Waals surface area contributed by atoms with E-state index in [1.165, 1.54) is 10.8 Å². The molecule has 0 spiro atoms. The molecule has 0 aliphatic heterocycles. The molecular formula is C15H18N4O4. The lowest BCUT2D eigenvalue weighted by molar-refractivity contribution is -0.389. The summed E-state index contributed by atoms with van der Waals surface area (Å²) in [5, 5.41) is 23.3. The van der Waals surface area contributed by atoms with Crippen LogP contribution < -0.4 is 5.32 Å². The number of nitrogens with zero attached hydrogens (tertiary/aromatic N) is 3. The number of hydrogen-bond acceptors (Lipinski definition) is 5. The van der Waals surface area contributed by atoms with Gasteiger partial charge in [-0.2, -0.15) is 0 Å². The molecule has 2 aromatic rings. The van der Waals surface area contributed by atoms with Gasteiger partial charge in [0.2, 0.25) is 11.7 Å². The Morgan fingerprint density at radius 3 is 2.74 bits per heavy atom. The van der Waals surface area contributed by atoms with Crippen molar-refractivity contribution in [2.24, 2.45) is 0 Å². The van der Waals surface area contributed by atoms with Crippen molar-refractivity contribution in [3.63, 3.8) is 0 Å². The van der Waals surface area contributed by atoms with Gasteiger partial charge >= 0.3 is 5.82 Å². The Balaban J connectivity index is 1.80. The van der Waals surface area contributed by atoms with Gasteiger partial charge in [-0.1, -0.05) is 30.3 Å². The second kappa shape index (κ2) is 7.50. The highest BCUT2D eigenvalue weighted by Gasteiger charge is 2.17. The molecule has 0 aliphatic carbocycles. The Kier molecular flexibility index (Phi) is 5.42. The van der Waals surface area contributed by atoms with E-state index in [2.05, 4.69) is 10.3 Å². The van der Waals surface area contributed by atoms with Crippen molar-refractivity contribution >= 4 is 11.7 Å². The summed E-state index contributed by atoms with van der Waals surface area (Å²) >= 11 is 0. The van der Waals surface area contributed by atoms with E-state index in [9.17, 15) is 20.0 Å². The van der Waals surface area contributed by atoms with Crippen LogP contribution in [-0.2, 0) is 11.3 Å². The number of nitrogens with one attached hydrogen (secondary N) is 1. The van der Waals surface area contributed by atoms with Crippen molar-refractivity contribution in [2.45, 2.75) is 26.0 Å². The average molecular weight is 318 g/mol. The van der Waals surface area contributed by atoms with Gasteiger partial charge in [0.1, 0.15) is 12.7 Å². The third kappa shape index (κ3) is 4.62. The van der Waals surface area contributed by atoms with Gasteiger partial charge in [-0.05, 0) is 21.9 Å². The lowest BCUT2D eigenvalue weighted by atomic mass is 10.1. The lowest BCUT2D eigenvalue weighted by Crippen LogP contribution is -2.29. The molecule has 1 aromatic heterocycles. The van der Waals surface area contributed by atoms with Crippen LogP contribution in [0.15, 0.2) is 36.5 Å². The summed E-state index contributed by atoms with van der Waals surface area (Å²) in [6.45, 7) is 1.86. The van der Waals surface area contributed by atoms with Crippen molar-refractivity contribution < 1.29 is 14.8 Å². The van der Waals surface area contributed by atoms with Crippen LogP contribution >= 0.6 is 0 Å². The average Bonchev–Trinajstić information content (AvgIpc) is 2.89. The Bertz CT molecular complexity index is 684. The van der Waals surface area contributed by atoms with Crippen molar-refractivity contribution in [2.75, 3.05) is 6.54 Å². The SMILES string of the molecule is Cc1nc([N+](=O)[O-])cn1CC(=O)NCCC(O)c1ccccc1. The fourth-order valence-electron chi connectivity index (χ4n) is 2.14. The van der Waals surface area contributed by atoms with E-state index in [4.69, 9.17) is 0 Å². The van der Waals surface area contributed by atoms with E-state index in [1.54, 1.807) is 6.92 Å². The maximum absolute atomic E-state index is 11.9. The van der Waals surface area contributed by atoms with Gasteiger partial charge in [-0.15, -0.1) is 0 Å². The minimum Gasteiger partial charge on any atom is -0.388 e. The van der Waals surface area contributed by atoms with E-state index < -0.39 is 11.0 Å². The van der Waals surface area contributed by atoms with Gasteiger partial charge in [0.05, 0.1) is 6.10 Å². The summed E-state index contributed by atoms with van der Waals surface area (Å²) in [5.41, 5.74) is 0.794. The topological polar surface area (TPSA) is 110 Å². The number of aryl methyl sites for hydroxylation is 1. The van der Waals surface area contributed by atoms with Crippen LogP contribution in [-0.4, -0.2) is 32.0 Å². The fraction of sp³-hybridized carbons (Fsp3) is 0.333. The number of aromatic nitrogens is 2. The summed E-state index contributed by atoms with van der Waals surface area (Å²) in [6, 6.07) is 9.18. The number of rotatable bonds is 7. The summed E-state index contributed by atoms with van der Waals surface area (Å²) in [7, 11) is 0. The molecule has 0 saturated heterocycles. The number of aliphatic hydroxyl groups excluding tert-OH is 1. The minimum atomic E-state index is -0.646. The molecule has 2 rings (SSSR count). The van der Waals surface area contributed by atoms with E-state index in [1.807, 2.05) is 30.3 Å². The highest BCUT2D eigenvalue weighted by molar-refractivity contribution is 5.75. The first-order valence-electron chi connectivity index (χ1n) is 7.15. The third-order valence-corrected chi connectivity index (χ3v) is 3.39. The monoisotopic (exact) mass is 318 g/mol. The van der Waals surface area contributed by atoms with Crippen molar-refractivity contribution in [3.05, 3.63) is 58.0 Å². The van der Waals surface area contributed by atoms with Crippen LogP contribution in [0.2, 0.25) is 0 Å². The van der Waals surface area contributed by atoms with Gasteiger partial charge in [0, 0.05) is 13.5 Å². The Hall–Kier alpha value is -2.74. The molecule has 122 valence electrons. The molecule has 1 atom stereocenters. The summed E-state index contributed by atoms with van der Waals surface area (Å²) in [5.74, 6) is -0.174. The maximum Gasteiger partial charge on any atom is 0.381 e. The smallest absolute Gasteiger partial charge is 0.381 e. The maximum atomic E-state index is 11.9. The van der Waals surface area contributed by atoms with Crippen LogP contribution in [0.1, 0.15) is 23.9 Å². The van der Waals surface area contributed by atoms with Crippen molar-refractivity contribution in [1.82, 2.24) is 14.9 Å². The first-order chi connectivity index (χ1) is 11.0. The predicted octanol–water partition coefficient (Wildman–Crippen LogP) is 1.34. The number of hydrogen-bond donors (Lipinski definition) is 2. The zero-order valence-electron chi connectivity index (χ0n) is 12.7. The molecule has 8 heteroatoms. The normalized spacial score (nSPS) is 11.9. The molecule has 2 N–H and O–H groups in total. The molecule has 0 saturated carbocycles. The molecule has 1 heterocycles. The molecule has 0 bridgehead atoms. The van der Waals surface area contributed by atoms with E-state index >= 15 is 0 Å². The Morgan fingerprint density at radius 1 is 1.43 bits per heavy atom. The molecule has 1 unspecified atom stereocenters. The number of nitro groups is 1. The van der Waals surface area contributed by atoms with E-state index in [-0.39, 0.29) is 18.3 Å². The zero-order chi connectivity index (χ0) is 16.8. The van der Waals surface area contributed by atoms with Crippen LogP contribution in [0.3, 0.4) is 0 Å². The molecular weight excluding hydrogens is 300 g/mol. The molecule has 1 aromatic carbocycles. The number of carbonyl (C=O) groups is 1. The second-order valence-electron chi connectivity index (χ2n) is 5.10. The number of carbonyl (C=O) groups excluding carboxylic acids is 1. The minimum absolute atomic E-state index is 0.0475. The van der Waals surface area contributed by atoms with Crippen molar-refractivity contribution in [1.29, 1.82) is 0 Å². The Morgan fingerprint density at radius 2 is 2.13 bits per heavy atom. The molecule has 8 nitrogen and oxygen atoms in total. The largest absolute Gasteiger partial charge is 0.388 e. The molecule has 0 radical (unpaired) electrons. The zero-order valence-corrected chi connectivity index (χ0v) is 12.7. The van der Waals surface area contributed by atoms with Gasteiger partial charge in [0.25, 0.3) is 0 Å². The number of benzene rings is 1. The lowest BCUT2D eigenvalue weighted by Gasteiger charge is -2.11. The van der Waals surface area contributed by atoms with Crippen LogP contribution in [0.4, 0.5) is 5.82 Å². The first-order valence-corrected chi connectivity index (χ1v) is 7.15. The number of amides is 1. The molecule has 23 heavy (non-hydrogen) atoms. The number of aliphatic hydroxyl groups is 1. The summed E-state index contributed by atoms with van der Waals surface area (Å²) in [4.78, 5) is 25.6. The van der Waals surface area contributed by atoms with Gasteiger partial charge in [-0.3, -0.25) is 9.36 Å². The Labute approximate surface area is 132 Å². The second-order valence-corrected chi connectivity index (χ2v) is 5.10. The summed E-state index contributed by atoms with van der Waals surface area (Å²) in [6.07, 6.45) is 0.972. The third-order valence-electron chi connectivity index (χ3n) is 3.39. The molecule has 0 aliphatic rings. The van der Waals surface area contributed by atoms with E-state index in [0.29, 0.717) is 18.8 Å². The quantitative estimate of drug-likeness (QED) is 0.591. The van der Waals surface area contributed by atoms with Gasteiger partial charge < -0.3 is 20.5 Å². The molecule has 1 amide bonds. The van der Waals surface area contributed by atoms with Crippen LogP contribution in [0.5, 0.6) is 0 Å². The highest BCUT2D eigenvalue weighted by Crippen LogP contribution is 2.15. The summed E-state index contributed by atoms with van der Waals surface area (Å²) < 4.78 is 1.42. The van der Waals surface area contributed by atoms with Crippen LogP contribution in [0, 0.1) is 17.0 Å². The van der Waals surface area contributed by atoms with Gasteiger partial charge in [0.15, 0.2) is 0 Å². The van der Waals surface area contributed by atoms with Crippen LogP contribution in [0.25, 0.3) is 0 Å². The number of imidazole rings is 1. The standard InChI is InChI=1S/C15H18N4O4/c1-11-17-14(19(22)23)9-18(11)10-15(21)16-8-7-13(20)12-5-3-2-4-6-12/h2-6,9,13,20H,7-8,10H2,1H3,(H,16,21). The predicted molar refractivity (Wildman–Crippen MR) is 82.6 cm³/mol. The van der Waals surface area contributed by atoms with E-state index in [0.717, 1.165) is 5.56 Å². The fourth-order valence-corrected chi connectivity index (χ4v) is 2.14. The van der Waals surface area contributed by atoms with Gasteiger partial charge in [-0.25, -0.2) is 0 Å². The highest BCUT2D eigenvalue weighted by atomic mass is 16.6. The van der Waals surface area contributed by atoms with Crippen molar-refractivity contribution in [3.8, 4) is 0 Å².